The predicted molar refractivity (Wildman–Crippen MR) is 94.5 cm³/mol. The van der Waals surface area contributed by atoms with Crippen LogP contribution in [0, 0.1) is 17.3 Å². The van der Waals surface area contributed by atoms with Crippen LogP contribution in [-0.4, -0.2) is 30.3 Å². The van der Waals surface area contributed by atoms with Crippen molar-refractivity contribution in [1.82, 2.24) is 10.6 Å². The molecule has 0 aromatic rings. The molecule has 0 aliphatic heterocycles. The van der Waals surface area contributed by atoms with Crippen molar-refractivity contribution in [2.45, 2.75) is 91.3 Å². The van der Waals surface area contributed by atoms with Gasteiger partial charge >= 0.3 is 6.09 Å². The van der Waals surface area contributed by atoms with Crippen LogP contribution in [0.4, 0.5) is 4.79 Å². The highest BCUT2D eigenvalue weighted by atomic mass is 16.6. The monoisotopic (exact) mass is 324 g/mol. The lowest BCUT2D eigenvalue weighted by molar-refractivity contribution is 0.0493. The summed E-state index contributed by atoms with van der Waals surface area (Å²) in [6.45, 7) is 13.7. The Hall–Kier alpha value is -0.770. The third-order valence-electron chi connectivity index (χ3n) is 4.91. The summed E-state index contributed by atoms with van der Waals surface area (Å²) in [6, 6.07) is 0.764. The second kappa shape index (κ2) is 7.00. The van der Waals surface area contributed by atoms with E-state index in [1.54, 1.807) is 0 Å². The van der Waals surface area contributed by atoms with Gasteiger partial charge in [0.05, 0.1) is 0 Å². The number of carbonyl (C=O) groups is 1. The van der Waals surface area contributed by atoms with Crippen LogP contribution in [0.5, 0.6) is 0 Å². The lowest BCUT2D eigenvalue weighted by atomic mass is 9.70. The van der Waals surface area contributed by atoms with Crippen LogP contribution in [0.1, 0.15) is 73.6 Å². The number of nitrogens with one attached hydrogen (secondary N) is 2. The van der Waals surface area contributed by atoms with Gasteiger partial charge in [-0.05, 0) is 70.1 Å². The highest BCUT2D eigenvalue weighted by Crippen LogP contribution is 2.39. The SMILES string of the molecule is CC1CC(NCC(NC(=O)OC(C)(C)C)C2CC2)CC(C)(C)C1. The Balaban J connectivity index is 1.82. The van der Waals surface area contributed by atoms with Crippen molar-refractivity contribution in [3.8, 4) is 0 Å². The van der Waals surface area contributed by atoms with Gasteiger partial charge in [-0.3, -0.25) is 0 Å². The van der Waals surface area contributed by atoms with Crippen molar-refractivity contribution >= 4 is 6.09 Å². The quantitative estimate of drug-likeness (QED) is 0.800. The van der Waals surface area contributed by atoms with Crippen LogP contribution in [-0.2, 0) is 4.74 Å². The molecular formula is C19H36N2O2. The van der Waals surface area contributed by atoms with E-state index in [4.69, 9.17) is 4.74 Å². The van der Waals surface area contributed by atoms with Crippen molar-refractivity contribution in [2.24, 2.45) is 17.3 Å². The lowest BCUT2D eigenvalue weighted by Crippen LogP contribution is -2.49. The summed E-state index contributed by atoms with van der Waals surface area (Å²) in [5, 5.41) is 6.81. The predicted octanol–water partition coefficient (Wildman–Crippen LogP) is 4.09. The van der Waals surface area contributed by atoms with Crippen LogP contribution in [0.15, 0.2) is 0 Å². The number of ether oxygens (including phenoxy) is 1. The molecule has 0 aromatic carbocycles. The molecule has 0 spiro atoms. The van der Waals surface area contributed by atoms with Gasteiger partial charge in [0.1, 0.15) is 5.60 Å². The lowest BCUT2D eigenvalue weighted by Gasteiger charge is -2.40. The first kappa shape index (κ1) is 18.6. The number of hydrogen-bond donors (Lipinski definition) is 2. The van der Waals surface area contributed by atoms with E-state index in [1.807, 2.05) is 20.8 Å². The maximum atomic E-state index is 12.0. The molecule has 23 heavy (non-hydrogen) atoms. The Labute approximate surface area is 142 Å². The van der Waals surface area contributed by atoms with E-state index in [1.165, 1.54) is 32.1 Å². The second-order valence-corrected chi connectivity index (χ2v) is 9.61. The fourth-order valence-electron chi connectivity index (χ4n) is 4.09. The van der Waals surface area contributed by atoms with Gasteiger partial charge in [-0.15, -0.1) is 0 Å². The van der Waals surface area contributed by atoms with Crippen molar-refractivity contribution in [3.63, 3.8) is 0 Å². The summed E-state index contributed by atoms with van der Waals surface area (Å²) in [4.78, 5) is 12.0. The maximum absolute atomic E-state index is 12.0. The molecule has 4 heteroatoms. The normalized spacial score (nSPS) is 29.0. The molecule has 3 atom stereocenters. The number of carbonyl (C=O) groups excluding carboxylic acids is 1. The average molecular weight is 325 g/mol. The van der Waals surface area contributed by atoms with Crippen molar-refractivity contribution in [1.29, 1.82) is 0 Å². The molecule has 3 unspecified atom stereocenters. The highest BCUT2D eigenvalue weighted by Gasteiger charge is 2.36. The van der Waals surface area contributed by atoms with Crippen molar-refractivity contribution in [2.75, 3.05) is 6.54 Å². The Morgan fingerprint density at radius 1 is 1.26 bits per heavy atom. The van der Waals surface area contributed by atoms with Gasteiger partial charge < -0.3 is 15.4 Å². The third-order valence-corrected chi connectivity index (χ3v) is 4.91. The molecule has 2 saturated carbocycles. The molecule has 2 fully saturated rings. The molecular weight excluding hydrogens is 288 g/mol. The molecule has 0 radical (unpaired) electrons. The Morgan fingerprint density at radius 2 is 1.91 bits per heavy atom. The minimum Gasteiger partial charge on any atom is -0.444 e. The first-order valence-corrected chi connectivity index (χ1v) is 9.27. The molecule has 0 aromatic heterocycles. The standard InChI is InChI=1S/C19H36N2O2/c1-13-9-15(11-19(5,6)10-13)20-12-16(14-7-8-14)21-17(22)23-18(2,3)4/h13-16,20H,7-12H2,1-6H3,(H,21,22). The molecule has 2 aliphatic carbocycles. The maximum Gasteiger partial charge on any atom is 0.407 e. The summed E-state index contributed by atoms with van der Waals surface area (Å²) in [6.07, 6.45) is 5.93. The smallest absolute Gasteiger partial charge is 0.407 e. The number of alkyl carbamates (subject to hydrolysis) is 1. The van der Waals surface area contributed by atoms with Crippen LogP contribution in [0.2, 0.25) is 0 Å². The highest BCUT2D eigenvalue weighted by molar-refractivity contribution is 5.68. The Kier molecular flexibility index (Phi) is 5.65. The van der Waals surface area contributed by atoms with Gasteiger partial charge in [-0.2, -0.15) is 0 Å². The van der Waals surface area contributed by atoms with Crippen LogP contribution in [0.25, 0.3) is 0 Å². The van der Waals surface area contributed by atoms with Gasteiger partial charge in [0, 0.05) is 18.6 Å². The van der Waals surface area contributed by atoms with Crippen LogP contribution < -0.4 is 10.6 Å². The molecule has 0 heterocycles. The Bertz CT molecular complexity index is 410. The molecule has 0 saturated heterocycles. The van der Waals surface area contributed by atoms with E-state index in [9.17, 15) is 4.79 Å². The minimum absolute atomic E-state index is 0.199. The summed E-state index contributed by atoms with van der Waals surface area (Å²) >= 11 is 0. The summed E-state index contributed by atoms with van der Waals surface area (Å²) in [5.41, 5.74) is -0.0164. The molecule has 2 N–H and O–H groups in total. The van der Waals surface area contributed by atoms with Crippen molar-refractivity contribution in [3.05, 3.63) is 0 Å². The van der Waals surface area contributed by atoms with E-state index >= 15 is 0 Å². The number of rotatable bonds is 5. The van der Waals surface area contributed by atoms with E-state index in [0.29, 0.717) is 17.4 Å². The van der Waals surface area contributed by atoms with Gasteiger partial charge in [-0.25, -0.2) is 4.79 Å². The van der Waals surface area contributed by atoms with E-state index in [0.717, 1.165) is 12.5 Å². The molecule has 1 amide bonds. The fraction of sp³-hybridized carbons (Fsp3) is 0.947. The van der Waals surface area contributed by atoms with Crippen molar-refractivity contribution < 1.29 is 9.53 Å². The minimum atomic E-state index is -0.436. The average Bonchev–Trinajstić information content (AvgIpc) is 3.13. The fourth-order valence-corrected chi connectivity index (χ4v) is 4.09. The molecule has 2 rings (SSSR count). The van der Waals surface area contributed by atoms with E-state index in [-0.39, 0.29) is 12.1 Å². The molecule has 0 bridgehead atoms. The topological polar surface area (TPSA) is 50.4 Å². The van der Waals surface area contributed by atoms with E-state index < -0.39 is 5.60 Å². The Morgan fingerprint density at radius 3 is 2.43 bits per heavy atom. The first-order valence-electron chi connectivity index (χ1n) is 9.27. The van der Waals surface area contributed by atoms with Gasteiger partial charge in [0.25, 0.3) is 0 Å². The molecule has 4 nitrogen and oxygen atoms in total. The second-order valence-electron chi connectivity index (χ2n) is 9.61. The zero-order valence-corrected chi connectivity index (χ0v) is 15.9. The van der Waals surface area contributed by atoms with Gasteiger partial charge in [0.15, 0.2) is 0 Å². The zero-order chi connectivity index (χ0) is 17.3. The molecule has 2 aliphatic rings. The zero-order valence-electron chi connectivity index (χ0n) is 15.9. The van der Waals surface area contributed by atoms with Gasteiger partial charge in [-0.1, -0.05) is 20.8 Å². The largest absolute Gasteiger partial charge is 0.444 e. The number of amides is 1. The van der Waals surface area contributed by atoms with Crippen LogP contribution >= 0.6 is 0 Å². The van der Waals surface area contributed by atoms with Crippen LogP contribution in [0.3, 0.4) is 0 Å². The first-order chi connectivity index (χ1) is 10.5. The summed E-state index contributed by atoms with van der Waals surface area (Å²) in [5.74, 6) is 1.39. The van der Waals surface area contributed by atoms with E-state index in [2.05, 4.69) is 31.4 Å². The summed E-state index contributed by atoms with van der Waals surface area (Å²) < 4.78 is 5.41. The summed E-state index contributed by atoms with van der Waals surface area (Å²) in [7, 11) is 0. The molecule has 134 valence electrons. The third kappa shape index (κ3) is 6.70. The van der Waals surface area contributed by atoms with Gasteiger partial charge in [0.2, 0.25) is 0 Å². The number of hydrogen-bond acceptors (Lipinski definition) is 3.